The largest absolute Gasteiger partial charge is 0.454 e. The highest BCUT2D eigenvalue weighted by atomic mass is 35.5. The minimum Gasteiger partial charge on any atom is -0.454 e. The van der Waals surface area contributed by atoms with Gasteiger partial charge < -0.3 is 19.2 Å². The van der Waals surface area contributed by atoms with Gasteiger partial charge in [-0.3, -0.25) is 0 Å². The highest BCUT2D eigenvalue weighted by molar-refractivity contribution is 6.30. The van der Waals surface area contributed by atoms with E-state index in [-0.39, 0.29) is 6.79 Å². The molecule has 0 spiro atoms. The van der Waals surface area contributed by atoms with E-state index in [0.29, 0.717) is 17.5 Å². The Labute approximate surface area is 160 Å². The second kappa shape index (κ2) is 6.52. The highest BCUT2D eigenvalue weighted by Gasteiger charge is 2.13. The Morgan fingerprint density at radius 2 is 1.78 bits per heavy atom. The number of aromatic nitrogens is 1. The number of anilines is 1. The third-order valence-corrected chi connectivity index (χ3v) is 4.66. The molecule has 5 rings (SSSR count). The van der Waals surface area contributed by atoms with Gasteiger partial charge in [0, 0.05) is 22.8 Å². The van der Waals surface area contributed by atoms with Crippen molar-refractivity contribution in [2.45, 2.75) is 6.54 Å². The fourth-order valence-corrected chi connectivity index (χ4v) is 3.13. The van der Waals surface area contributed by atoms with E-state index in [2.05, 4.69) is 10.3 Å². The summed E-state index contributed by atoms with van der Waals surface area (Å²) < 4.78 is 16.6. The van der Waals surface area contributed by atoms with Crippen LogP contribution in [0, 0.1) is 0 Å². The van der Waals surface area contributed by atoms with Crippen LogP contribution in [0.4, 0.5) is 5.69 Å². The van der Waals surface area contributed by atoms with Crippen molar-refractivity contribution in [2.24, 2.45) is 0 Å². The molecule has 27 heavy (non-hydrogen) atoms. The van der Waals surface area contributed by atoms with Crippen LogP contribution in [0.5, 0.6) is 11.5 Å². The quantitative estimate of drug-likeness (QED) is 0.509. The van der Waals surface area contributed by atoms with E-state index in [1.165, 1.54) is 0 Å². The first kappa shape index (κ1) is 16.0. The Bertz CT molecular complexity index is 1120. The van der Waals surface area contributed by atoms with E-state index in [1.807, 2.05) is 60.7 Å². The summed E-state index contributed by atoms with van der Waals surface area (Å²) in [6, 6.07) is 19.3. The second-order valence-electron chi connectivity index (χ2n) is 6.25. The molecule has 0 amide bonds. The predicted molar refractivity (Wildman–Crippen MR) is 104 cm³/mol. The molecule has 1 aromatic heterocycles. The Balaban J connectivity index is 1.36. The number of hydrogen-bond acceptors (Lipinski definition) is 5. The SMILES string of the molecule is Clc1ccc(-c2nc3cc(NCc4ccc5c(c4)OCO5)ccc3o2)cc1. The predicted octanol–water partition coefficient (Wildman–Crippen LogP) is 5.49. The van der Waals surface area contributed by atoms with Gasteiger partial charge >= 0.3 is 0 Å². The molecule has 0 saturated carbocycles. The van der Waals surface area contributed by atoms with Gasteiger partial charge in [-0.15, -0.1) is 0 Å². The van der Waals surface area contributed by atoms with Crippen molar-refractivity contribution in [3.63, 3.8) is 0 Å². The number of fused-ring (bicyclic) bond motifs is 2. The third kappa shape index (κ3) is 3.17. The molecule has 1 aliphatic rings. The van der Waals surface area contributed by atoms with Crippen LogP contribution in [0.2, 0.25) is 5.02 Å². The van der Waals surface area contributed by atoms with Gasteiger partial charge in [0.1, 0.15) is 5.52 Å². The molecule has 0 atom stereocenters. The topological polar surface area (TPSA) is 56.5 Å². The Morgan fingerprint density at radius 3 is 2.67 bits per heavy atom. The monoisotopic (exact) mass is 378 g/mol. The zero-order valence-corrected chi connectivity index (χ0v) is 15.0. The highest BCUT2D eigenvalue weighted by Crippen LogP contribution is 2.33. The van der Waals surface area contributed by atoms with Gasteiger partial charge in [-0.05, 0) is 60.2 Å². The van der Waals surface area contributed by atoms with Crippen LogP contribution in [-0.4, -0.2) is 11.8 Å². The summed E-state index contributed by atoms with van der Waals surface area (Å²) in [5, 5.41) is 4.09. The van der Waals surface area contributed by atoms with Crippen LogP contribution in [0.1, 0.15) is 5.56 Å². The molecule has 1 N–H and O–H groups in total. The maximum Gasteiger partial charge on any atom is 0.231 e. The van der Waals surface area contributed by atoms with Gasteiger partial charge in [0.2, 0.25) is 12.7 Å². The first-order chi connectivity index (χ1) is 13.2. The first-order valence-corrected chi connectivity index (χ1v) is 8.91. The van der Waals surface area contributed by atoms with Crippen molar-refractivity contribution in [3.8, 4) is 23.0 Å². The number of hydrogen-bond donors (Lipinski definition) is 1. The normalized spacial score (nSPS) is 12.5. The number of halogens is 1. The summed E-state index contributed by atoms with van der Waals surface area (Å²) in [7, 11) is 0. The molecule has 6 heteroatoms. The van der Waals surface area contributed by atoms with E-state index in [1.54, 1.807) is 0 Å². The average molecular weight is 379 g/mol. The minimum atomic E-state index is 0.283. The standard InChI is InChI=1S/C21H15ClN2O3/c22-15-4-2-14(3-5-15)21-24-17-10-16(6-8-18(17)27-21)23-11-13-1-7-19-20(9-13)26-12-25-19/h1-10,23H,11-12H2. The fourth-order valence-electron chi connectivity index (χ4n) is 3.01. The zero-order valence-electron chi connectivity index (χ0n) is 14.2. The van der Waals surface area contributed by atoms with Gasteiger partial charge in [0.05, 0.1) is 0 Å². The molecule has 134 valence electrons. The number of nitrogens with zero attached hydrogens (tertiary/aromatic N) is 1. The summed E-state index contributed by atoms with van der Waals surface area (Å²) in [5.74, 6) is 2.15. The summed E-state index contributed by atoms with van der Waals surface area (Å²) >= 11 is 5.94. The molecule has 4 aromatic rings. The van der Waals surface area contributed by atoms with E-state index in [4.69, 9.17) is 25.5 Å². The molecule has 2 heterocycles. The molecule has 1 aliphatic heterocycles. The first-order valence-electron chi connectivity index (χ1n) is 8.53. The van der Waals surface area contributed by atoms with E-state index >= 15 is 0 Å². The number of rotatable bonds is 4. The van der Waals surface area contributed by atoms with Gasteiger partial charge in [-0.2, -0.15) is 0 Å². The average Bonchev–Trinajstić information content (AvgIpc) is 3.32. The smallest absolute Gasteiger partial charge is 0.231 e. The number of benzene rings is 3. The summed E-state index contributed by atoms with van der Waals surface area (Å²) in [5.41, 5.74) is 4.52. The van der Waals surface area contributed by atoms with Gasteiger partial charge in [0.15, 0.2) is 17.1 Å². The Kier molecular flexibility index (Phi) is 3.87. The summed E-state index contributed by atoms with van der Waals surface area (Å²) in [6.45, 7) is 0.953. The summed E-state index contributed by atoms with van der Waals surface area (Å²) in [6.07, 6.45) is 0. The molecule has 0 fully saturated rings. The van der Waals surface area contributed by atoms with Crippen molar-refractivity contribution in [2.75, 3.05) is 12.1 Å². The number of oxazole rings is 1. The molecule has 5 nitrogen and oxygen atoms in total. The summed E-state index contributed by atoms with van der Waals surface area (Å²) in [4.78, 5) is 4.59. The van der Waals surface area contributed by atoms with E-state index in [9.17, 15) is 0 Å². The fraction of sp³-hybridized carbons (Fsp3) is 0.0952. The van der Waals surface area contributed by atoms with Crippen LogP contribution in [0.25, 0.3) is 22.6 Å². The minimum absolute atomic E-state index is 0.283. The molecule has 3 aromatic carbocycles. The third-order valence-electron chi connectivity index (χ3n) is 4.41. The van der Waals surface area contributed by atoms with Crippen LogP contribution < -0.4 is 14.8 Å². The van der Waals surface area contributed by atoms with Crippen molar-refractivity contribution in [3.05, 3.63) is 71.2 Å². The Morgan fingerprint density at radius 1 is 0.926 bits per heavy atom. The maximum absolute atomic E-state index is 5.94. The lowest BCUT2D eigenvalue weighted by Gasteiger charge is -2.07. The molecule has 0 radical (unpaired) electrons. The molecular weight excluding hydrogens is 364 g/mol. The van der Waals surface area contributed by atoms with Gasteiger partial charge in [-0.1, -0.05) is 17.7 Å². The van der Waals surface area contributed by atoms with Crippen LogP contribution in [0.15, 0.2) is 65.1 Å². The lowest BCUT2D eigenvalue weighted by molar-refractivity contribution is 0.174. The van der Waals surface area contributed by atoms with Crippen molar-refractivity contribution >= 4 is 28.4 Å². The lowest BCUT2D eigenvalue weighted by Crippen LogP contribution is -1.99. The molecule has 0 unspecified atom stereocenters. The van der Waals surface area contributed by atoms with Gasteiger partial charge in [0.25, 0.3) is 0 Å². The van der Waals surface area contributed by atoms with E-state index < -0.39 is 0 Å². The van der Waals surface area contributed by atoms with Gasteiger partial charge in [-0.25, -0.2) is 4.98 Å². The van der Waals surface area contributed by atoms with Crippen molar-refractivity contribution < 1.29 is 13.9 Å². The van der Waals surface area contributed by atoms with Crippen LogP contribution in [0.3, 0.4) is 0 Å². The maximum atomic E-state index is 5.94. The molecule has 0 saturated heterocycles. The van der Waals surface area contributed by atoms with Crippen LogP contribution >= 0.6 is 11.6 Å². The second-order valence-corrected chi connectivity index (χ2v) is 6.69. The zero-order chi connectivity index (χ0) is 18.2. The van der Waals surface area contributed by atoms with Crippen LogP contribution in [-0.2, 0) is 6.54 Å². The number of nitrogens with one attached hydrogen (secondary N) is 1. The molecule has 0 bridgehead atoms. The Hall–Kier alpha value is -3.18. The number of ether oxygens (including phenoxy) is 2. The van der Waals surface area contributed by atoms with E-state index in [0.717, 1.165) is 39.4 Å². The molecule has 0 aliphatic carbocycles. The van der Waals surface area contributed by atoms with Crippen molar-refractivity contribution in [1.82, 2.24) is 4.98 Å². The van der Waals surface area contributed by atoms with Crippen molar-refractivity contribution in [1.29, 1.82) is 0 Å². The lowest BCUT2D eigenvalue weighted by atomic mass is 10.2. The molecular formula is C21H15ClN2O3.